The van der Waals surface area contributed by atoms with E-state index in [1.54, 1.807) is 31.9 Å². The van der Waals surface area contributed by atoms with Crippen LogP contribution in [-0.4, -0.2) is 29.1 Å². The fourth-order valence-electron chi connectivity index (χ4n) is 3.55. The van der Waals surface area contributed by atoms with Crippen molar-refractivity contribution in [2.24, 2.45) is 0 Å². The summed E-state index contributed by atoms with van der Waals surface area (Å²) < 4.78 is 5.46. The number of benzene rings is 2. The third-order valence-electron chi connectivity index (χ3n) is 5.43. The molecule has 3 rings (SSSR count). The number of pyridine rings is 1. The maximum atomic E-state index is 14.0. The second-order valence-electron chi connectivity index (χ2n) is 9.32. The van der Waals surface area contributed by atoms with E-state index in [1.165, 1.54) is 0 Å². The number of alkyl carbamates (subject to hydrolysis) is 1. The van der Waals surface area contributed by atoms with E-state index in [9.17, 15) is 9.59 Å². The maximum absolute atomic E-state index is 14.0. The molecule has 1 atom stereocenters. The molecule has 2 amide bonds. The molecular weight excluding hydrogens is 426 g/mol. The first-order chi connectivity index (χ1) is 16.1. The van der Waals surface area contributed by atoms with Crippen molar-refractivity contribution < 1.29 is 14.3 Å². The van der Waals surface area contributed by atoms with Crippen LogP contribution in [0.15, 0.2) is 72.9 Å². The van der Waals surface area contributed by atoms with E-state index in [0.717, 1.165) is 22.5 Å². The lowest BCUT2D eigenvalue weighted by atomic mass is 10.0. The number of aromatic nitrogens is 1. The summed E-state index contributed by atoms with van der Waals surface area (Å²) in [5.74, 6) is -0.240. The van der Waals surface area contributed by atoms with Crippen molar-refractivity contribution >= 4 is 17.7 Å². The van der Waals surface area contributed by atoms with Crippen molar-refractivity contribution in [1.29, 1.82) is 0 Å². The number of anilines is 1. The molecule has 6 nitrogen and oxygen atoms in total. The summed E-state index contributed by atoms with van der Waals surface area (Å²) in [6.45, 7) is 9.85. The largest absolute Gasteiger partial charge is 0.444 e. The smallest absolute Gasteiger partial charge is 0.408 e. The van der Waals surface area contributed by atoms with Crippen LogP contribution in [0.4, 0.5) is 10.5 Å². The van der Waals surface area contributed by atoms with Gasteiger partial charge in [0.2, 0.25) is 0 Å². The third-order valence-corrected chi connectivity index (χ3v) is 5.43. The van der Waals surface area contributed by atoms with Crippen LogP contribution >= 0.6 is 0 Å². The van der Waals surface area contributed by atoms with Crippen LogP contribution < -0.4 is 10.2 Å². The molecule has 0 spiro atoms. The van der Waals surface area contributed by atoms with Crippen LogP contribution in [0, 0.1) is 13.8 Å². The Morgan fingerprint density at radius 3 is 2.29 bits per heavy atom. The number of nitrogens with zero attached hydrogens (tertiary/aromatic N) is 2. The number of amides is 2. The highest BCUT2D eigenvalue weighted by atomic mass is 16.6. The Morgan fingerprint density at radius 2 is 1.68 bits per heavy atom. The average Bonchev–Trinajstić information content (AvgIpc) is 2.80. The number of nitrogens with one attached hydrogen (secondary N) is 1. The molecule has 34 heavy (non-hydrogen) atoms. The summed E-state index contributed by atoms with van der Waals surface area (Å²) in [5.41, 5.74) is 3.90. The van der Waals surface area contributed by atoms with Crippen LogP contribution in [0.2, 0.25) is 0 Å². The minimum Gasteiger partial charge on any atom is -0.444 e. The number of ether oxygens (including phenoxy) is 1. The lowest BCUT2D eigenvalue weighted by Crippen LogP contribution is -2.45. The number of hydrogen-bond donors (Lipinski definition) is 1. The summed E-state index contributed by atoms with van der Waals surface area (Å²) in [4.78, 5) is 32.8. The van der Waals surface area contributed by atoms with Gasteiger partial charge < -0.3 is 15.0 Å². The highest BCUT2D eigenvalue weighted by Crippen LogP contribution is 2.25. The topological polar surface area (TPSA) is 71.5 Å². The van der Waals surface area contributed by atoms with Crippen molar-refractivity contribution in [3.8, 4) is 0 Å². The second kappa shape index (κ2) is 11.0. The van der Waals surface area contributed by atoms with E-state index in [2.05, 4.69) is 10.3 Å². The Labute approximate surface area is 202 Å². The van der Waals surface area contributed by atoms with Gasteiger partial charge in [-0.2, -0.15) is 0 Å². The number of rotatable bonds is 7. The molecule has 0 aliphatic rings. The van der Waals surface area contributed by atoms with Gasteiger partial charge in [0.15, 0.2) is 0 Å². The van der Waals surface area contributed by atoms with Crippen molar-refractivity contribution in [3.63, 3.8) is 0 Å². The minimum atomic E-state index is -0.901. The highest BCUT2D eigenvalue weighted by Gasteiger charge is 2.30. The normalized spacial score (nSPS) is 12.0. The van der Waals surface area contributed by atoms with E-state index < -0.39 is 17.7 Å². The van der Waals surface area contributed by atoms with Gasteiger partial charge in [0.25, 0.3) is 5.91 Å². The number of carbonyl (C=O) groups excluding carboxylic acids is 2. The summed E-state index contributed by atoms with van der Waals surface area (Å²) in [5, 5.41) is 2.80. The van der Waals surface area contributed by atoms with Crippen LogP contribution in [0.1, 0.15) is 49.2 Å². The third kappa shape index (κ3) is 6.91. The monoisotopic (exact) mass is 459 g/mol. The first-order valence-electron chi connectivity index (χ1n) is 11.5. The van der Waals surface area contributed by atoms with Gasteiger partial charge in [0.1, 0.15) is 11.6 Å². The van der Waals surface area contributed by atoms with Crippen molar-refractivity contribution in [2.45, 2.75) is 52.7 Å². The Balaban J connectivity index is 1.96. The molecule has 0 saturated heterocycles. The van der Waals surface area contributed by atoms with Gasteiger partial charge >= 0.3 is 6.09 Å². The summed E-state index contributed by atoms with van der Waals surface area (Å²) in [6, 6.07) is 20.0. The molecule has 1 N–H and O–H groups in total. The molecule has 1 aromatic heterocycles. The first kappa shape index (κ1) is 25.0. The minimum absolute atomic E-state index is 0.240. The predicted octanol–water partition coefficient (Wildman–Crippen LogP) is 5.54. The van der Waals surface area contributed by atoms with E-state index in [-0.39, 0.29) is 5.91 Å². The molecule has 2 aromatic carbocycles. The van der Waals surface area contributed by atoms with Gasteiger partial charge in [0, 0.05) is 30.5 Å². The molecule has 0 radical (unpaired) electrons. The zero-order chi connectivity index (χ0) is 24.7. The molecule has 0 aliphatic heterocycles. The lowest BCUT2D eigenvalue weighted by Gasteiger charge is -2.29. The number of carbonyl (C=O) groups is 2. The van der Waals surface area contributed by atoms with Gasteiger partial charge in [-0.15, -0.1) is 0 Å². The highest BCUT2D eigenvalue weighted by molar-refractivity contribution is 5.99. The zero-order valence-corrected chi connectivity index (χ0v) is 20.5. The van der Waals surface area contributed by atoms with Gasteiger partial charge in [-0.25, -0.2) is 4.79 Å². The number of aryl methyl sites for hydroxylation is 2. The second-order valence-corrected chi connectivity index (χ2v) is 9.32. The van der Waals surface area contributed by atoms with Gasteiger partial charge in [-0.05, 0) is 75.6 Å². The molecule has 1 heterocycles. The lowest BCUT2D eigenvalue weighted by molar-refractivity contribution is -0.120. The molecular formula is C28H33N3O3. The standard InChI is InChI=1S/C28H33N3O3/c1-20-14-15-24(19-21(20)2)31(18-16-23-13-9-10-17-29-23)26(32)25(22-11-7-6-8-12-22)30-27(33)34-28(3,4)5/h6-15,17,19,25H,16,18H2,1-5H3,(H,30,33)/t25-/m0/s1. The molecule has 0 bridgehead atoms. The average molecular weight is 460 g/mol. The van der Waals surface area contributed by atoms with E-state index >= 15 is 0 Å². The molecule has 3 aromatic rings. The Bertz CT molecular complexity index is 1110. The van der Waals surface area contributed by atoms with Crippen LogP contribution in [0.25, 0.3) is 0 Å². The molecule has 6 heteroatoms. The van der Waals surface area contributed by atoms with Gasteiger partial charge in [-0.1, -0.05) is 42.5 Å². The fourth-order valence-corrected chi connectivity index (χ4v) is 3.55. The van der Waals surface area contributed by atoms with Crippen molar-refractivity contribution in [2.75, 3.05) is 11.4 Å². The first-order valence-corrected chi connectivity index (χ1v) is 11.5. The van der Waals surface area contributed by atoms with Gasteiger partial charge in [0.05, 0.1) is 0 Å². The fraction of sp³-hybridized carbons (Fsp3) is 0.321. The summed E-state index contributed by atoms with van der Waals surface area (Å²) >= 11 is 0. The van der Waals surface area contributed by atoms with E-state index in [0.29, 0.717) is 18.5 Å². The van der Waals surface area contributed by atoms with Crippen LogP contribution in [0.3, 0.4) is 0 Å². The maximum Gasteiger partial charge on any atom is 0.408 e. The number of hydrogen-bond acceptors (Lipinski definition) is 4. The summed E-state index contributed by atoms with van der Waals surface area (Å²) in [7, 11) is 0. The zero-order valence-electron chi connectivity index (χ0n) is 20.5. The molecule has 0 saturated carbocycles. The Morgan fingerprint density at radius 1 is 0.971 bits per heavy atom. The van der Waals surface area contributed by atoms with E-state index in [4.69, 9.17) is 4.74 Å². The van der Waals surface area contributed by atoms with E-state index in [1.807, 2.05) is 80.6 Å². The Kier molecular flexibility index (Phi) is 8.05. The van der Waals surface area contributed by atoms with Crippen LogP contribution in [-0.2, 0) is 16.0 Å². The van der Waals surface area contributed by atoms with Crippen molar-refractivity contribution in [3.05, 3.63) is 95.3 Å². The molecule has 0 unspecified atom stereocenters. The van der Waals surface area contributed by atoms with Crippen LogP contribution in [0.5, 0.6) is 0 Å². The quantitative estimate of drug-likeness (QED) is 0.504. The summed E-state index contributed by atoms with van der Waals surface area (Å²) in [6.07, 6.45) is 1.68. The molecule has 178 valence electrons. The SMILES string of the molecule is Cc1ccc(N(CCc2ccccn2)C(=O)[C@@H](NC(=O)OC(C)(C)C)c2ccccc2)cc1C. The molecule has 0 fully saturated rings. The van der Waals surface area contributed by atoms with Gasteiger partial charge in [-0.3, -0.25) is 9.78 Å². The molecule has 0 aliphatic carbocycles. The van der Waals surface area contributed by atoms with Crippen molar-refractivity contribution in [1.82, 2.24) is 10.3 Å². The predicted molar refractivity (Wildman–Crippen MR) is 135 cm³/mol. The Hall–Kier alpha value is -3.67.